The molecule has 1 N–H and O–H groups in total. The van der Waals surface area contributed by atoms with Crippen molar-refractivity contribution in [2.45, 2.75) is 66.1 Å². The second kappa shape index (κ2) is 7.22. The van der Waals surface area contributed by atoms with Crippen LogP contribution in [0.4, 0.5) is 0 Å². The fourth-order valence-corrected chi connectivity index (χ4v) is 4.15. The molecule has 2 aliphatic rings. The quantitative estimate of drug-likeness (QED) is 0.632. The third-order valence-corrected chi connectivity index (χ3v) is 5.46. The molecule has 24 heavy (non-hydrogen) atoms. The smallest absolute Gasteiger partial charge is 0.306 e. The van der Waals surface area contributed by atoms with Gasteiger partial charge in [-0.1, -0.05) is 38.5 Å². The van der Waals surface area contributed by atoms with Gasteiger partial charge in [0, 0.05) is 18.3 Å². The molecule has 0 aliphatic heterocycles. The Labute approximate surface area is 145 Å². The second-order valence-electron chi connectivity index (χ2n) is 7.98. The molecule has 1 fully saturated rings. The van der Waals surface area contributed by atoms with E-state index in [1.165, 1.54) is 0 Å². The van der Waals surface area contributed by atoms with Crippen molar-refractivity contribution in [1.29, 1.82) is 0 Å². The van der Waals surface area contributed by atoms with Crippen LogP contribution >= 0.6 is 0 Å². The molecule has 4 nitrogen and oxygen atoms in total. The number of fused-ring (bicyclic) bond motifs is 1. The van der Waals surface area contributed by atoms with Crippen molar-refractivity contribution >= 4 is 11.8 Å². The first-order valence-electron chi connectivity index (χ1n) is 8.90. The Hall–Kier alpha value is -1.42. The molecule has 0 spiro atoms. The molecule has 0 aromatic heterocycles. The molecule has 0 unspecified atom stereocenters. The number of esters is 1. The Morgan fingerprint density at radius 1 is 1.42 bits per heavy atom. The molecule has 5 atom stereocenters. The normalized spacial score (nSPS) is 33.5. The molecular weight excluding hydrogens is 304 g/mol. The summed E-state index contributed by atoms with van der Waals surface area (Å²) in [6, 6.07) is 0. The standard InChI is InChI=1S/C20H30O4/c1-10(2)7-17(21)24-16-8-12(5)18-15(9-14(16)11(3)4)13(6)19(22)20(18)23/h10,12,14,16,18,20,23H,3,7-9H2,1-2,4-6H3/t12-,14-,16-,18-,20-/m1/s1. The van der Waals surface area contributed by atoms with Gasteiger partial charge in [-0.2, -0.15) is 0 Å². The van der Waals surface area contributed by atoms with Gasteiger partial charge in [-0.25, -0.2) is 0 Å². The second-order valence-corrected chi connectivity index (χ2v) is 7.98. The zero-order chi connectivity index (χ0) is 18.2. The maximum absolute atomic E-state index is 12.2. The highest BCUT2D eigenvalue weighted by Gasteiger charge is 2.46. The van der Waals surface area contributed by atoms with Crippen LogP contribution in [0, 0.1) is 23.7 Å². The number of aliphatic hydroxyl groups is 1. The van der Waals surface area contributed by atoms with Crippen LogP contribution < -0.4 is 0 Å². The first-order chi connectivity index (χ1) is 11.1. The van der Waals surface area contributed by atoms with E-state index in [0.29, 0.717) is 24.8 Å². The number of ether oxygens (including phenoxy) is 1. The highest BCUT2D eigenvalue weighted by atomic mass is 16.5. The molecule has 0 aromatic carbocycles. The van der Waals surface area contributed by atoms with E-state index in [2.05, 4.69) is 6.58 Å². The Morgan fingerprint density at radius 3 is 2.58 bits per heavy atom. The maximum atomic E-state index is 12.2. The van der Waals surface area contributed by atoms with Gasteiger partial charge >= 0.3 is 5.97 Å². The van der Waals surface area contributed by atoms with Crippen LogP contribution in [-0.4, -0.2) is 29.1 Å². The lowest BCUT2D eigenvalue weighted by molar-refractivity contribution is -0.153. The minimum atomic E-state index is -0.953. The lowest BCUT2D eigenvalue weighted by Gasteiger charge is -2.27. The Kier molecular flexibility index (Phi) is 5.69. The average molecular weight is 334 g/mol. The predicted octanol–water partition coefficient (Wildman–Crippen LogP) is 3.44. The molecule has 0 aromatic rings. The Bertz CT molecular complexity index is 572. The number of aliphatic hydroxyl groups excluding tert-OH is 1. The third-order valence-electron chi connectivity index (χ3n) is 5.46. The van der Waals surface area contributed by atoms with Crippen LogP contribution in [0.1, 0.15) is 53.9 Å². The lowest BCUT2D eigenvalue weighted by atomic mass is 9.85. The van der Waals surface area contributed by atoms with Gasteiger partial charge < -0.3 is 9.84 Å². The molecule has 0 heterocycles. The first kappa shape index (κ1) is 18.9. The highest BCUT2D eigenvalue weighted by Crippen LogP contribution is 2.46. The van der Waals surface area contributed by atoms with Gasteiger partial charge in [-0.05, 0) is 44.1 Å². The van der Waals surface area contributed by atoms with Crippen LogP contribution in [0.15, 0.2) is 23.3 Å². The summed E-state index contributed by atoms with van der Waals surface area (Å²) in [5.74, 6) is -0.157. The van der Waals surface area contributed by atoms with E-state index < -0.39 is 6.10 Å². The molecule has 0 amide bonds. The summed E-state index contributed by atoms with van der Waals surface area (Å²) in [5, 5.41) is 10.3. The van der Waals surface area contributed by atoms with Crippen LogP contribution in [-0.2, 0) is 14.3 Å². The monoisotopic (exact) mass is 334 g/mol. The van der Waals surface area contributed by atoms with Gasteiger partial charge in [-0.15, -0.1) is 0 Å². The third kappa shape index (κ3) is 3.64. The number of ketones is 1. The minimum absolute atomic E-state index is 0.00314. The summed E-state index contributed by atoms with van der Waals surface area (Å²) in [6.07, 6.45) is 0.494. The summed E-state index contributed by atoms with van der Waals surface area (Å²) in [6.45, 7) is 13.8. The summed E-state index contributed by atoms with van der Waals surface area (Å²) in [4.78, 5) is 24.3. The van der Waals surface area contributed by atoms with Crippen molar-refractivity contribution in [2.75, 3.05) is 0 Å². The van der Waals surface area contributed by atoms with Gasteiger partial charge in [0.1, 0.15) is 12.2 Å². The van der Waals surface area contributed by atoms with Crippen LogP contribution in [0.2, 0.25) is 0 Å². The maximum Gasteiger partial charge on any atom is 0.306 e. The number of hydrogen-bond acceptors (Lipinski definition) is 4. The molecule has 2 rings (SSSR count). The number of carbonyl (C=O) groups is 2. The lowest BCUT2D eigenvalue weighted by Crippen LogP contribution is -2.31. The summed E-state index contributed by atoms with van der Waals surface area (Å²) < 4.78 is 5.80. The molecule has 2 aliphatic carbocycles. The first-order valence-corrected chi connectivity index (χ1v) is 8.90. The summed E-state index contributed by atoms with van der Waals surface area (Å²) in [5.41, 5.74) is 2.66. The number of hydrogen-bond donors (Lipinski definition) is 1. The van der Waals surface area contributed by atoms with Crippen molar-refractivity contribution < 1.29 is 19.4 Å². The van der Waals surface area contributed by atoms with Crippen LogP contribution in [0.3, 0.4) is 0 Å². The van der Waals surface area contributed by atoms with Crippen molar-refractivity contribution in [3.05, 3.63) is 23.3 Å². The van der Waals surface area contributed by atoms with Crippen LogP contribution in [0.25, 0.3) is 0 Å². The van der Waals surface area contributed by atoms with E-state index in [1.807, 2.05) is 27.7 Å². The van der Waals surface area contributed by atoms with Crippen LogP contribution in [0.5, 0.6) is 0 Å². The molecule has 4 heteroatoms. The van der Waals surface area contributed by atoms with Crippen molar-refractivity contribution in [3.8, 4) is 0 Å². The molecule has 134 valence electrons. The van der Waals surface area contributed by atoms with E-state index in [0.717, 1.165) is 11.1 Å². The van der Waals surface area contributed by atoms with E-state index in [4.69, 9.17) is 4.74 Å². The van der Waals surface area contributed by atoms with Gasteiger partial charge in [0.2, 0.25) is 0 Å². The topological polar surface area (TPSA) is 63.6 Å². The zero-order valence-electron chi connectivity index (χ0n) is 15.5. The van der Waals surface area contributed by atoms with E-state index >= 15 is 0 Å². The molecule has 0 saturated heterocycles. The SMILES string of the molecule is C=C(C)[C@H]1CC2=C(C)C(=O)[C@H](O)[C@@H]2[C@H](C)C[C@H]1OC(=O)CC(C)C. The van der Waals surface area contributed by atoms with E-state index in [-0.39, 0.29) is 41.5 Å². The Morgan fingerprint density at radius 2 is 2.04 bits per heavy atom. The number of rotatable bonds is 4. The van der Waals surface area contributed by atoms with E-state index in [9.17, 15) is 14.7 Å². The Balaban J connectivity index is 2.29. The van der Waals surface area contributed by atoms with Gasteiger partial charge in [-0.3, -0.25) is 9.59 Å². The largest absolute Gasteiger partial charge is 0.462 e. The van der Waals surface area contributed by atoms with Crippen molar-refractivity contribution in [1.82, 2.24) is 0 Å². The molecule has 0 radical (unpaired) electrons. The van der Waals surface area contributed by atoms with Gasteiger partial charge in [0.25, 0.3) is 0 Å². The summed E-state index contributed by atoms with van der Waals surface area (Å²) >= 11 is 0. The fraction of sp³-hybridized carbons (Fsp3) is 0.700. The number of carbonyl (C=O) groups excluding carboxylic acids is 2. The van der Waals surface area contributed by atoms with E-state index in [1.54, 1.807) is 6.92 Å². The average Bonchev–Trinajstić information content (AvgIpc) is 2.59. The van der Waals surface area contributed by atoms with Crippen molar-refractivity contribution in [2.24, 2.45) is 23.7 Å². The predicted molar refractivity (Wildman–Crippen MR) is 93.2 cm³/mol. The zero-order valence-corrected chi connectivity index (χ0v) is 15.5. The van der Waals surface area contributed by atoms with Gasteiger partial charge in [0.15, 0.2) is 5.78 Å². The minimum Gasteiger partial charge on any atom is -0.462 e. The fourth-order valence-electron chi connectivity index (χ4n) is 4.15. The molecule has 1 saturated carbocycles. The molecule has 0 bridgehead atoms. The van der Waals surface area contributed by atoms with Crippen molar-refractivity contribution in [3.63, 3.8) is 0 Å². The molecular formula is C20H30O4. The van der Waals surface area contributed by atoms with Gasteiger partial charge in [0.05, 0.1) is 0 Å². The number of Topliss-reactive ketones (excluding diaryl/α,β-unsaturated/α-hetero) is 1. The highest BCUT2D eigenvalue weighted by molar-refractivity contribution is 6.02. The summed E-state index contributed by atoms with van der Waals surface area (Å²) in [7, 11) is 0.